The summed E-state index contributed by atoms with van der Waals surface area (Å²) in [6.45, 7) is 2.84. The molecule has 0 atom stereocenters. The van der Waals surface area contributed by atoms with E-state index in [1.807, 2.05) is 10.8 Å². The molecule has 96 valence electrons. The Labute approximate surface area is 109 Å². The summed E-state index contributed by atoms with van der Waals surface area (Å²) >= 11 is 0. The minimum absolute atomic E-state index is 0.124. The van der Waals surface area contributed by atoms with Crippen molar-refractivity contribution < 1.29 is 4.79 Å². The first kappa shape index (κ1) is 11.6. The van der Waals surface area contributed by atoms with Crippen LogP contribution in [0.15, 0.2) is 37.2 Å². The fourth-order valence-corrected chi connectivity index (χ4v) is 2.07. The summed E-state index contributed by atoms with van der Waals surface area (Å²) in [4.78, 5) is 20.7. The number of aromatic nitrogens is 5. The van der Waals surface area contributed by atoms with E-state index in [1.54, 1.807) is 35.5 Å². The van der Waals surface area contributed by atoms with Gasteiger partial charge in [0, 0.05) is 31.3 Å². The van der Waals surface area contributed by atoms with E-state index in [0.29, 0.717) is 16.9 Å². The molecule has 0 unspecified atom stereocenters. The molecule has 0 aliphatic carbocycles. The number of nitrogens with zero attached hydrogens (tertiary/aromatic N) is 5. The van der Waals surface area contributed by atoms with Crippen LogP contribution in [0.1, 0.15) is 29.5 Å². The predicted octanol–water partition coefficient (Wildman–Crippen LogP) is 1.57. The first-order valence-corrected chi connectivity index (χ1v) is 6.14. The number of ketones is 1. The Hall–Kier alpha value is -2.50. The van der Waals surface area contributed by atoms with Crippen LogP contribution in [0.5, 0.6) is 0 Å². The van der Waals surface area contributed by atoms with Gasteiger partial charge >= 0.3 is 0 Å². The lowest BCUT2D eigenvalue weighted by molar-refractivity contribution is 0.102. The van der Waals surface area contributed by atoms with E-state index in [2.05, 4.69) is 22.0 Å². The average Bonchev–Trinajstić information content (AvgIpc) is 3.04. The van der Waals surface area contributed by atoms with Crippen molar-refractivity contribution >= 4 is 11.3 Å². The van der Waals surface area contributed by atoms with Gasteiger partial charge < -0.3 is 4.57 Å². The number of aryl methyl sites for hydroxylation is 1. The number of rotatable bonds is 4. The molecule has 0 aliphatic rings. The monoisotopic (exact) mass is 255 g/mol. The second-order valence-corrected chi connectivity index (χ2v) is 4.24. The summed E-state index contributed by atoms with van der Waals surface area (Å²) in [5, 5.41) is 4.14. The van der Waals surface area contributed by atoms with E-state index in [4.69, 9.17) is 0 Å². The third kappa shape index (κ3) is 1.91. The van der Waals surface area contributed by atoms with Crippen LogP contribution >= 0.6 is 0 Å². The normalized spacial score (nSPS) is 11.0. The van der Waals surface area contributed by atoms with Crippen LogP contribution in [0, 0.1) is 0 Å². The molecule has 19 heavy (non-hydrogen) atoms. The molecule has 0 saturated carbocycles. The Bertz CT molecular complexity index is 727. The molecule has 0 aliphatic heterocycles. The van der Waals surface area contributed by atoms with Gasteiger partial charge in [0.05, 0.1) is 23.5 Å². The summed E-state index contributed by atoms with van der Waals surface area (Å²) < 4.78 is 3.50. The molecule has 0 saturated heterocycles. The smallest absolute Gasteiger partial charge is 0.232 e. The molecule has 6 nitrogen and oxygen atoms in total. The van der Waals surface area contributed by atoms with Crippen molar-refractivity contribution in [2.45, 2.75) is 19.9 Å². The van der Waals surface area contributed by atoms with Crippen molar-refractivity contribution in [1.82, 2.24) is 24.1 Å². The predicted molar refractivity (Wildman–Crippen MR) is 68.9 cm³/mol. The number of hydrogen-bond donors (Lipinski definition) is 0. The zero-order valence-corrected chi connectivity index (χ0v) is 10.5. The zero-order chi connectivity index (χ0) is 13.2. The summed E-state index contributed by atoms with van der Waals surface area (Å²) in [5.74, 6) is 0.321. The Balaban J connectivity index is 2.06. The van der Waals surface area contributed by atoms with Gasteiger partial charge in [-0.15, -0.1) is 0 Å². The standard InChI is InChI=1S/C13H13N5O/c1-2-5-17-6-4-15-13(17)12(19)10-8-16-18-7-3-14-9-11(10)18/h3-4,6-9H,2,5H2,1H3. The maximum absolute atomic E-state index is 12.5. The molecular formula is C13H13N5O. The van der Waals surface area contributed by atoms with Gasteiger partial charge in [-0.25, -0.2) is 9.50 Å². The van der Waals surface area contributed by atoms with E-state index >= 15 is 0 Å². The van der Waals surface area contributed by atoms with Crippen molar-refractivity contribution in [3.8, 4) is 0 Å². The van der Waals surface area contributed by atoms with Crippen LogP contribution < -0.4 is 0 Å². The fraction of sp³-hybridized carbons (Fsp3) is 0.231. The summed E-state index contributed by atoms with van der Waals surface area (Å²) in [6, 6.07) is 0. The van der Waals surface area contributed by atoms with Gasteiger partial charge in [-0.1, -0.05) is 6.92 Å². The van der Waals surface area contributed by atoms with E-state index in [1.165, 1.54) is 0 Å². The quantitative estimate of drug-likeness (QED) is 0.664. The van der Waals surface area contributed by atoms with Gasteiger partial charge in [-0.3, -0.25) is 9.78 Å². The van der Waals surface area contributed by atoms with Gasteiger partial charge in [-0.2, -0.15) is 5.10 Å². The molecule has 0 N–H and O–H groups in total. The molecule has 6 heteroatoms. The highest BCUT2D eigenvalue weighted by Gasteiger charge is 2.19. The van der Waals surface area contributed by atoms with E-state index in [9.17, 15) is 4.79 Å². The Morgan fingerprint density at radius 2 is 2.16 bits per heavy atom. The molecule has 3 heterocycles. The van der Waals surface area contributed by atoms with Gasteiger partial charge in [0.25, 0.3) is 0 Å². The Kier molecular flexibility index (Phi) is 2.83. The largest absolute Gasteiger partial charge is 0.328 e. The maximum Gasteiger partial charge on any atom is 0.232 e. The van der Waals surface area contributed by atoms with Crippen LogP contribution in [0.3, 0.4) is 0 Å². The lowest BCUT2D eigenvalue weighted by Gasteiger charge is -2.04. The number of imidazole rings is 1. The second-order valence-electron chi connectivity index (χ2n) is 4.24. The maximum atomic E-state index is 12.5. The second kappa shape index (κ2) is 4.64. The number of hydrogen-bond acceptors (Lipinski definition) is 4. The van der Waals surface area contributed by atoms with Crippen molar-refractivity contribution in [2.24, 2.45) is 0 Å². The Morgan fingerprint density at radius 3 is 3.00 bits per heavy atom. The van der Waals surface area contributed by atoms with Crippen molar-refractivity contribution in [3.63, 3.8) is 0 Å². The number of carbonyl (C=O) groups excluding carboxylic acids is 1. The lowest BCUT2D eigenvalue weighted by atomic mass is 10.2. The SMILES string of the molecule is CCCn1ccnc1C(=O)c1cnn2ccncc12. The molecule has 0 spiro atoms. The molecule has 3 aromatic rings. The molecular weight excluding hydrogens is 242 g/mol. The third-order valence-electron chi connectivity index (χ3n) is 2.95. The van der Waals surface area contributed by atoms with Gasteiger partial charge in [-0.05, 0) is 6.42 Å². The van der Waals surface area contributed by atoms with Crippen LogP contribution in [-0.4, -0.2) is 29.9 Å². The highest BCUT2D eigenvalue weighted by atomic mass is 16.1. The molecule has 0 radical (unpaired) electrons. The summed E-state index contributed by atoms with van der Waals surface area (Å²) in [6.07, 6.45) is 11.0. The minimum Gasteiger partial charge on any atom is -0.328 e. The first-order chi connectivity index (χ1) is 9.31. The van der Waals surface area contributed by atoms with E-state index < -0.39 is 0 Å². The van der Waals surface area contributed by atoms with Gasteiger partial charge in [0.1, 0.15) is 0 Å². The summed E-state index contributed by atoms with van der Waals surface area (Å²) in [5.41, 5.74) is 1.22. The summed E-state index contributed by atoms with van der Waals surface area (Å²) in [7, 11) is 0. The fourth-order valence-electron chi connectivity index (χ4n) is 2.07. The topological polar surface area (TPSA) is 65.1 Å². The number of carbonyl (C=O) groups is 1. The van der Waals surface area contributed by atoms with Gasteiger partial charge in [0.15, 0.2) is 5.82 Å². The third-order valence-corrected chi connectivity index (χ3v) is 2.95. The molecule has 0 bridgehead atoms. The van der Waals surface area contributed by atoms with E-state index in [0.717, 1.165) is 13.0 Å². The van der Waals surface area contributed by atoms with Crippen LogP contribution in [0.4, 0.5) is 0 Å². The molecule has 3 rings (SSSR count). The van der Waals surface area contributed by atoms with Crippen molar-refractivity contribution in [3.05, 3.63) is 48.6 Å². The van der Waals surface area contributed by atoms with Crippen LogP contribution in [0.2, 0.25) is 0 Å². The lowest BCUT2D eigenvalue weighted by Crippen LogP contribution is -2.11. The molecule has 0 amide bonds. The highest BCUT2D eigenvalue weighted by molar-refractivity contribution is 6.10. The van der Waals surface area contributed by atoms with Crippen molar-refractivity contribution in [2.75, 3.05) is 0 Å². The van der Waals surface area contributed by atoms with Crippen molar-refractivity contribution in [1.29, 1.82) is 0 Å². The molecule has 0 aromatic carbocycles. The number of fused-ring (bicyclic) bond motifs is 1. The van der Waals surface area contributed by atoms with E-state index in [-0.39, 0.29) is 5.78 Å². The minimum atomic E-state index is -0.124. The average molecular weight is 255 g/mol. The molecule has 0 fully saturated rings. The first-order valence-electron chi connectivity index (χ1n) is 6.14. The van der Waals surface area contributed by atoms with Gasteiger partial charge in [0.2, 0.25) is 5.78 Å². The Morgan fingerprint density at radius 1 is 1.26 bits per heavy atom. The zero-order valence-electron chi connectivity index (χ0n) is 10.5. The van der Waals surface area contributed by atoms with Crippen LogP contribution in [-0.2, 0) is 6.54 Å². The molecule has 3 aromatic heterocycles. The van der Waals surface area contributed by atoms with Crippen LogP contribution in [0.25, 0.3) is 5.52 Å². The highest BCUT2D eigenvalue weighted by Crippen LogP contribution is 2.14.